The van der Waals surface area contributed by atoms with Crippen molar-refractivity contribution in [2.24, 2.45) is 11.3 Å². The van der Waals surface area contributed by atoms with Crippen molar-refractivity contribution in [3.8, 4) is 0 Å². The number of rotatable bonds is 5. The standard InChI is InChI=1S/C11H20O2/c1-6-8-13-10(12)11(5,7-2)9(3)4/h6,9H,1,7-8H2,2-5H3. The first kappa shape index (κ1) is 12.2. The molecule has 2 nitrogen and oxygen atoms in total. The number of ether oxygens (including phenoxy) is 1. The van der Waals surface area contributed by atoms with Crippen LogP contribution in [0.5, 0.6) is 0 Å². The zero-order valence-electron chi connectivity index (χ0n) is 9.09. The number of hydrogen-bond acceptors (Lipinski definition) is 2. The topological polar surface area (TPSA) is 26.3 Å². The maximum absolute atomic E-state index is 11.6. The third kappa shape index (κ3) is 2.87. The summed E-state index contributed by atoms with van der Waals surface area (Å²) < 4.78 is 5.05. The zero-order chi connectivity index (χ0) is 10.5. The van der Waals surface area contributed by atoms with Crippen molar-refractivity contribution in [3.05, 3.63) is 12.7 Å². The fourth-order valence-electron chi connectivity index (χ4n) is 1.09. The third-order valence-corrected chi connectivity index (χ3v) is 2.81. The van der Waals surface area contributed by atoms with E-state index in [0.29, 0.717) is 12.5 Å². The van der Waals surface area contributed by atoms with Gasteiger partial charge in [0.1, 0.15) is 6.61 Å². The molecule has 0 radical (unpaired) electrons. The molecule has 0 aromatic heterocycles. The van der Waals surface area contributed by atoms with Gasteiger partial charge in [-0.3, -0.25) is 4.79 Å². The van der Waals surface area contributed by atoms with Gasteiger partial charge in [-0.25, -0.2) is 0 Å². The molecule has 0 aliphatic heterocycles. The highest BCUT2D eigenvalue weighted by Gasteiger charge is 2.35. The first-order chi connectivity index (χ1) is 5.99. The number of carbonyl (C=O) groups excluding carboxylic acids is 1. The van der Waals surface area contributed by atoms with Gasteiger partial charge in [-0.05, 0) is 19.3 Å². The normalized spacial score (nSPS) is 15.2. The second kappa shape index (κ2) is 5.05. The highest BCUT2D eigenvalue weighted by atomic mass is 16.5. The molecule has 1 atom stereocenters. The monoisotopic (exact) mass is 184 g/mol. The molecular weight excluding hydrogens is 164 g/mol. The Labute approximate surface area is 81.0 Å². The largest absolute Gasteiger partial charge is 0.461 e. The van der Waals surface area contributed by atoms with E-state index in [1.165, 1.54) is 0 Å². The van der Waals surface area contributed by atoms with Gasteiger partial charge in [-0.15, -0.1) is 0 Å². The van der Waals surface area contributed by atoms with Crippen LogP contribution in [0, 0.1) is 11.3 Å². The molecule has 0 aromatic rings. The van der Waals surface area contributed by atoms with E-state index in [9.17, 15) is 4.79 Å². The SMILES string of the molecule is C=CCOC(=O)C(C)(CC)C(C)C. The summed E-state index contributed by atoms with van der Waals surface area (Å²) in [5, 5.41) is 0. The first-order valence-electron chi connectivity index (χ1n) is 4.77. The lowest BCUT2D eigenvalue weighted by Crippen LogP contribution is -2.34. The average Bonchev–Trinajstić information content (AvgIpc) is 2.12. The van der Waals surface area contributed by atoms with Crippen molar-refractivity contribution < 1.29 is 9.53 Å². The quantitative estimate of drug-likeness (QED) is 0.485. The van der Waals surface area contributed by atoms with Gasteiger partial charge in [0.15, 0.2) is 0 Å². The van der Waals surface area contributed by atoms with Gasteiger partial charge in [-0.2, -0.15) is 0 Å². The highest BCUT2D eigenvalue weighted by molar-refractivity contribution is 5.76. The van der Waals surface area contributed by atoms with Crippen LogP contribution in [-0.4, -0.2) is 12.6 Å². The average molecular weight is 184 g/mol. The summed E-state index contributed by atoms with van der Waals surface area (Å²) in [6.07, 6.45) is 2.40. The van der Waals surface area contributed by atoms with Gasteiger partial charge in [0.2, 0.25) is 0 Å². The summed E-state index contributed by atoms with van der Waals surface area (Å²) in [4.78, 5) is 11.6. The van der Waals surface area contributed by atoms with Crippen LogP contribution in [0.3, 0.4) is 0 Å². The van der Waals surface area contributed by atoms with E-state index >= 15 is 0 Å². The summed E-state index contributed by atoms with van der Waals surface area (Å²) >= 11 is 0. The van der Waals surface area contributed by atoms with Crippen LogP contribution in [0.15, 0.2) is 12.7 Å². The second-order valence-corrected chi connectivity index (χ2v) is 3.81. The molecule has 0 bridgehead atoms. The molecule has 2 heteroatoms. The van der Waals surface area contributed by atoms with Gasteiger partial charge in [-0.1, -0.05) is 33.4 Å². The Balaban J connectivity index is 4.38. The molecule has 0 aromatic carbocycles. The summed E-state index contributed by atoms with van der Waals surface area (Å²) in [6, 6.07) is 0. The lowest BCUT2D eigenvalue weighted by Gasteiger charge is -2.29. The van der Waals surface area contributed by atoms with Crippen LogP contribution >= 0.6 is 0 Å². The van der Waals surface area contributed by atoms with Crippen molar-refractivity contribution in [1.82, 2.24) is 0 Å². The number of hydrogen-bond donors (Lipinski definition) is 0. The Hall–Kier alpha value is -0.790. The molecule has 0 aliphatic rings. The Morgan fingerprint density at radius 3 is 2.46 bits per heavy atom. The lowest BCUT2D eigenvalue weighted by molar-refractivity contribution is -0.156. The molecule has 0 N–H and O–H groups in total. The molecule has 0 fully saturated rings. The van der Waals surface area contributed by atoms with Crippen molar-refractivity contribution in [3.63, 3.8) is 0 Å². The molecule has 0 saturated heterocycles. The van der Waals surface area contributed by atoms with Gasteiger partial charge in [0.25, 0.3) is 0 Å². The minimum atomic E-state index is -0.358. The van der Waals surface area contributed by atoms with Gasteiger partial charge < -0.3 is 4.74 Å². The lowest BCUT2D eigenvalue weighted by atomic mass is 9.77. The first-order valence-corrected chi connectivity index (χ1v) is 4.77. The van der Waals surface area contributed by atoms with Crippen molar-refractivity contribution in [1.29, 1.82) is 0 Å². The van der Waals surface area contributed by atoms with Crippen LogP contribution in [-0.2, 0) is 9.53 Å². The van der Waals surface area contributed by atoms with Gasteiger partial charge in [0.05, 0.1) is 5.41 Å². The van der Waals surface area contributed by atoms with Crippen LogP contribution < -0.4 is 0 Å². The molecule has 13 heavy (non-hydrogen) atoms. The summed E-state index contributed by atoms with van der Waals surface area (Å²) in [7, 11) is 0. The molecule has 0 rings (SSSR count). The van der Waals surface area contributed by atoms with Crippen molar-refractivity contribution >= 4 is 5.97 Å². The Bertz CT molecular complexity index is 185. The molecule has 1 unspecified atom stereocenters. The highest BCUT2D eigenvalue weighted by Crippen LogP contribution is 2.32. The minimum Gasteiger partial charge on any atom is -0.461 e. The molecule has 0 spiro atoms. The van der Waals surface area contributed by atoms with E-state index in [1.807, 2.05) is 27.7 Å². The van der Waals surface area contributed by atoms with Crippen LogP contribution in [0.1, 0.15) is 34.1 Å². The van der Waals surface area contributed by atoms with E-state index < -0.39 is 0 Å². The van der Waals surface area contributed by atoms with E-state index in [-0.39, 0.29) is 11.4 Å². The smallest absolute Gasteiger partial charge is 0.312 e. The van der Waals surface area contributed by atoms with E-state index in [4.69, 9.17) is 4.74 Å². The fourth-order valence-corrected chi connectivity index (χ4v) is 1.09. The summed E-state index contributed by atoms with van der Waals surface area (Å²) in [6.45, 7) is 11.9. The molecule has 0 heterocycles. The predicted octanol–water partition coefficient (Wildman–Crippen LogP) is 2.79. The summed E-state index contributed by atoms with van der Waals surface area (Å²) in [5.41, 5.74) is -0.358. The number of carbonyl (C=O) groups is 1. The Kier molecular flexibility index (Phi) is 4.74. The van der Waals surface area contributed by atoms with E-state index in [2.05, 4.69) is 6.58 Å². The zero-order valence-corrected chi connectivity index (χ0v) is 9.09. The third-order valence-electron chi connectivity index (χ3n) is 2.81. The molecule has 0 aliphatic carbocycles. The van der Waals surface area contributed by atoms with Crippen molar-refractivity contribution in [2.45, 2.75) is 34.1 Å². The molecule has 76 valence electrons. The van der Waals surface area contributed by atoms with Crippen molar-refractivity contribution in [2.75, 3.05) is 6.61 Å². The molecular formula is C11H20O2. The Morgan fingerprint density at radius 1 is 1.62 bits per heavy atom. The van der Waals surface area contributed by atoms with Crippen LogP contribution in [0.25, 0.3) is 0 Å². The van der Waals surface area contributed by atoms with Gasteiger partial charge in [0, 0.05) is 0 Å². The van der Waals surface area contributed by atoms with Gasteiger partial charge >= 0.3 is 5.97 Å². The fraction of sp³-hybridized carbons (Fsp3) is 0.727. The molecule has 0 amide bonds. The minimum absolute atomic E-state index is 0.120. The van der Waals surface area contributed by atoms with E-state index in [0.717, 1.165) is 6.42 Å². The summed E-state index contributed by atoms with van der Waals surface area (Å²) in [5.74, 6) is 0.180. The number of esters is 1. The maximum Gasteiger partial charge on any atom is 0.312 e. The van der Waals surface area contributed by atoms with E-state index in [1.54, 1.807) is 6.08 Å². The maximum atomic E-state index is 11.6. The van der Waals surface area contributed by atoms with Crippen LogP contribution in [0.2, 0.25) is 0 Å². The molecule has 0 saturated carbocycles. The predicted molar refractivity (Wildman–Crippen MR) is 54.4 cm³/mol. The van der Waals surface area contributed by atoms with Crippen LogP contribution in [0.4, 0.5) is 0 Å². The second-order valence-electron chi connectivity index (χ2n) is 3.81. The Morgan fingerprint density at radius 2 is 2.15 bits per heavy atom.